The summed E-state index contributed by atoms with van der Waals surface area (Å²) in [4.78, 5) is 19.3. The van der Waals surface area contributed by atoms with Crippen LogP contribution in [0.2, 0.25) is 0 Å². The van der Waals surface area contributed by atoms with Crippen LogP contribution >= 0.6 is 0 Å². The molecule has 0 radical (unpaired) electrons. The predicted molar refractivity (Wildman–Crippen MR) is 114 cm³/mol. The molecule has 3 heterocycles. The van der Waals surface area contributed by atoms with Gasteiger partial charge in [0.2, 0.25) is 5.91 Å². The molecule has 1 aromatic carbocycles. The molecular formula is C24H28F3N3O2. The predicted octanol–water partition coefficient (Wildman–Crippen LogP) is 4.35. The minimum atomic E-state index is -4.38. The number of likely N-dealkylation sites (tertiary alicyclic amines) is 1. The molecular weight excluding hydrogens is 419 g/mol. The third-order valence-electron chi connectivity index (χ3n) is 6.26. The van der Waals surface area contributed by atoms with Gasteiger partial charge in [0.15, 0.2) is 0 Å². The molecule has 0 saturated carbocycles. The van der Waals surface area contributed by atoms with E-state index >= 15 is 0 Å². The van der Waals surface area contributed by atoms with Crippen LogP contribution < -0.4 is 5.32 Å². The van der Waals surface area contributed by atoms with E-state index in [0.29, 0.717) is 19.6 Å². The number of carbonyl (C=O) groups is 1. The van der Waals surface area contributed by atoms with Gasteiger partial charge < -0.3 is 10.1 Å². The van der Waals surface area contributed by atoms with Crippen molar-refractivity contribution in [1.82, 2.24) is 15.2 Å². The minimum Gasteiger partial charge on any atom is -0.368 e. The Kier molecular flexibility index (Phi) is 7.10. The third-order valence-corrected chi connectivity index (χ3v) is 6.26. The molecule has 3 atom stereocenters. The highest BCUT2D eigenvalue weighted by atomic mass is 19.4. The lowest BCUT2D eigenvalue weighted by atomic mass is 9.87. The summed E-state index contributed by atoms with van der Waals surface area (Å²) < 4.78 is 45.8. The van der Waals surface area contributed by atoms with Crippen LogP contribution in [-0.2, 0) is 22.3 Å². The second-order valence-corrected chi connectivity index (χ2v) is 8.53. The summed E-state index contributed by atoms with van der Waals surface area (Å²) in [6, 6.07) is 11.0. The van der Waals surface area contributed by atoms with Crippen molar-refractivity contribution in [3.8, 4) is 0 Å². The van der Waals surface area contributed by atoms with Crippen LogP contribution in [0.15, 0.2) is 48.7 Å². The normalized spacial score (nSPS) is 23.1. The van der Waals surface area contributed by atoms with E-state index in [9.17, 15) is 18.0 Å². The van der Waals surface area contributed by atoms with Gasteiger partial charge in [0.25, 0.3) is 0 Å². The molecule has 2 fully saturated rings. The second-order valence-electron chi connectivity index (χ2n) is 8.53. The van der Waals surface area contributed by atoms with Crippen molar-refractivity contribution in [1.29, 1.82) is 0 Å². The lowest BCUT2D eigenvalue weighted by molar-refractivity contribution is -0.138. The number of ether oxygens (including phenoxy) is 1. The van der Waals surface area contributed by atoms with Crippen molar-refractivity contribution >= 4 is 5.91 Å². The number of amides is 1. The third kappa shape index (κ3) is 5.48. The molecule has 5 nitrogen and oxygen atoms in total. The molecule has 8 heteroatoms. The van der Waals surface area contributed by atoms with Gasteiger partial charge in [-0.05, 0) is 61.9 Å². The fraction of sp³-hybridized carbons (Fsp3) is 0.500. The molecule has 2 aliphatic heterocycles. The van der Waals surface area contributed by atoms with Crippen molar-refractivity contribution in [2.45, 2.75) is 50.6 Å². The van der Waals surface area contributed by atoms with Crippen LogP contribution in [0.25, 0.3) is 0 Å². The maximum absolute atomic E-state index is 13.4. The first kappa shape index (κ1) is 22.7. The number of rotatable bonds is 6. The number of nitrogens with one attached hydrogen (secondary N) is 1. The van der Waals surface area contributed by atoms with E-state index in [1.54, 1.807) is 18.3 Å². The van der Waals surface area contributed by atoms with E-state index in [2.05, 4.69) is 10.3 Å². The Morgan fingerprint density at radius 3 is 2.69 bits per heavy atom. The monoisotopic (exact) mass is 447 g/mol. The number of halogens is 3. The molecule has 4 rings (SSSR count). The van der Waals surface area contributed by atoms with Crippen molar-refractivity contribution < 1.29 is 22.7 Å². The fourth-order valence-corrected chi connectivity index (χ4v) is 4.71. The highest BCUT2D eigenvalue weighted by Crippen LogP contribution is 2.34. The van der Waals surface area contributed by atoms with Crippen molar-refractivity contribution in [3.05, 3.63) is 65.5 Å². The Morgan fingerprint density at radius 1 is 1.16 bits per heavy atom. The molecule has 0 spiro atoms. The molecule has 0 aliphatic carbocycles. The lowest BCUT2D eigenvalue weighted by Crippen LogP contribution is -2.45. The Morgan fingerprint density at radius 2 is 1.97 bits per heavy atom. The zero-order valence-corrected chi connectivity index (χ0v) is 17.9. The fourth-order valence-electron chi connectivity index (χ4n) is 4.71. The minimum absolute atomic E-state index is 0.0436. The van der Waals surface area contributed by atoms with E-state index in [-0.39, 0.29) is 30.0 Å². The van der Waals surface area contributed by atoms with E-state index in [4.69, 9.17) is 4.74 Å². The number of hydrogen-bond donors (Lipinski definition) is 1. The Bertz CT molecular complexity index is 901. The zero-order chi connectivity index (χ0) is 22.6. The number of hydrogen-bond acceptors (Lipinski definition) is 4. The summed E-state index contributed by atoms with van der Waals surface area (Å²) in [5.74, 6) is -0.0975. The molecule has 2 aliphatic rings. The Balaban J connectivity index is 1.51. The van der Waals surface area contributed by atoms with E-state index < -0.39 is 17.8 Å². The van der Waals surface area contributed by atoms with Gasteiger partial charge in [0.05, 0.1) is 17.3 Å². The maximum atomic E-state index is 13.4. The first-order chi connectivity index (χ1) is 15.4. The van der Waals surface area contributed by atoms with Gasteiger partial charge in [0.1, 0.15) is 6.10 Å². The van der Waals surface area contributed by atoms with Crippen LogP contribution in [-0.4, -0.2) is 41.6 Å². The lowest BCUT2D eigenvalue weighted by Gasteiger charge is -2.37. The molecule has 172 valence electrons. The molecule has 1 amide bonds. The first-order valence-electron chi connectivity index (χ1n) is 11.1. The Labute approximate surface area is 186 Å². The number of piperidine rings is 1. The van der Waals surface area contributed by atoms with Crippen LogP contribution in [0.5, 0.6) is 0 Å². The number of alkyl halides is 3. The topological polar surface area (TPSA) is 54.5 Å². The van der Waals surface area contributed by atoms with Gasteiger partial charge in [0, 0.05) is 25.9 Å². The van der Waals surface area contributed by atoms with Crippen molar-refractivity contribution in [2.24, 2.45) is 5.92 Å². The van der Waals surface area contributed by atoms with Gasteiger partial charge in [-0.15, -0.1) is 0 Å². The number of pyridine rings is 1. The van der Waals surface area contributed by atoms with Crippen molar-refractivity contribution in [2.75, 3.05) is 19.7 Å². The van der Waals surface area contributed by atoms with Crippen LogP contribution in [0.3, 0.4) is 0 Å². The molecule has 0 bridgehead atoms. The molecule has 32 heavy (non-hydrogen) atoms. The van der Waals surface area contributed by atoms with Gasteiger partial charge in [-0.1, -0.05) is 24.3 Å². The Hall–Kier alpha value is -2.45. The highest BCUT2D eigenvalue weighted by molar-refractivity contribution is 5.81. The zero-order valence-electron chi connectivity index (χ0n) is 17.9. The SMILES string of the molecule is O=C(NC(c1ccccn1)C1CCCN(Cc2ccccc2C(F)(F)F)C1)C1CCCO1. The van der Waals surface area contributed by atoms with Crippen LogP contribution in [0, 0.1) is 5.92 Å². The molecule has 2 saturated heterocycles. The van der Waals surface area contributed by atoms with Crippen LogP contribution in [0.1, 0.15) is 48.5 Å². The average molecular weight is 448 g/mol. The molecule has 1 aromatic heterocycles. The first-order valence-corrected chi connectivity index (χ1v) is 11.1. The quantitative estimate of drug-likeness (QED) is 0.716. The number of aromatic nitrogens is 1. The largest absolute Gasteiger partial charge is 0.416 e. The number of benzene rings is 1. The van der Waals surface area contributed by atoms with Crippen molar-refractivity contribution in [3.63, 3.8) is 0 Å². The highest BCUT2D eigenvalue weighted by Gasteiger charge is 2.36. The summed E-state index contributed by atoms with van der Waals surface area (Å²) >= 11 is 0. The van der Waals surface area contributed by atoms with Gasteiger partial charge >= 0.3 is 6.18 Å². The number of carbonyl (C=O) groups excluding carboxylic acids is 1. The molecule has 3 unspecified atom stereocenters. The van der Waals surface area contributed by atoms with Crippen LogP contribution in [0.4, 0.5) is 13.2 Å². The standard InChI is InChI=1S/C24H28F3N3O2/c25-24(26,27)19-9-2-1-7-17(19)15-30-13-5-8-18(16-30)22(20-10-3-4-12-28-20)29-23(31)21-11-6-14-32-21/h1-4,7,9-10,12,18,21-22H,5-6,8,11,13-16H2,(H,29,31). The van der Waals surface area contributed by atoms with Gasteiger partial charge in [-0.2, -0.15) is 13.2 Å². The molecule has 1 N–H and O–H groups in total. The number of nitrogens with zero attached hydrogens (tertiary/aromatic N) is 2. The summed E-state index contributed by atoms with van der Waals surface area (Å²) in [5, 5.41) is 3.13. The van der Waals surface area contributed by atoms with E-state index in [0.717, 1.165) is 37.6 Å². The summed E-state index contributed by atoms with van der Waals surface area (Å²) in [6.07, 6.45) is 0.147. The summed E-state index contributed by atoms with van der Waals surface area (Å²) in [5.41, 5.74) is 0.454. The van der Waals surface area contributed by atoms with E-state index in [1.807, 2.05) is 23.1 Å². The summed E-state index contributed by atoms with van der Waals surface area (Å²) in [7, 11) is 0. The van der Waals surface area contributed by atoms with Gasteiger partial charge in [-0.25, -0.2) is 0 Å². The van der Waals surface area contributed by atoms with Gasteiger partial charge in [-0.3, -0.25) is 14.7 Å². The summed E-state index contributed by atoms with van der Waals surface area (Å²) in [6.45, 7) is 2.11. The average Bonchev–Trinajstić information content (AvgIpc) is 3.33. The second kappa shape index (κ2) is 10.0. The van der Waals surface area contributed by atoms with E-state index in [1.165, 1.54) is 6.07 Å². The maximum Gasteiger partial charge on any atom is 0.416 e. The smallest absolute Gasteiger partial charge is 0.368 e. The molecule has 2 aromatic rings.